The highest BCUT2D eigenvalue weighted by atomic mass is 35.5. The van der Waals surface area contributed by atoms with Crippen molar-refractivity contribution in [2.24, 2.45) is 0 Å². The van der Waals surface area contributed by atoms with Crippen molar-refractivity contribution in [3.63, 3.8) is 0 Å². The van der Waals surface area contributed by atoms with Gasteiger partial charge in [-0.25, -0.2) is 18.4 Å². The van der Waals surface area contributed by atoms with Crippen molar-refractivity contribution in [1.29, 1.82) is 0 Å². The smallest absolute Gasteiger partial charge is 0.251 e. The maximum atomic E-state index is 12.6. The van der Waals surface area contributed by atoms with Crippen molar-refractivity contribution in [2.45, 2.75) is 17.9 Å². The van der Waals surface area contributed by atoms with Crippen LogP contribution in [0.3, 0.4) is 0 Å². The third-order valence-electron chi connectivity index (χ3n) is 3.74. The number of nitrogens with one attached hydrogen (secondary N) is 1. The van der Waals surface area contributed by atoms with Gasteiger partial charge in [-0.15, -0.1) is 0 Å². The molecule has 1 atom stereocenters. The Morgan fingerprint density at radius 1 is 1.21 bits per heavy atom. The quantitative estimate of drug-likeness (QED) is 0.653. The normalized spacial score (nSPS) is 12.1. The van der Waals surface area contributed by atoms with Gasteiger partial charge in [-0.1, -0.05) is 17.7 Å². The molecule has 0 radical (unpaired) electrons. The lowest BCUT2D eigenvalue weighted by Gasteiger charge is -2.15. The van der Waals surface area contributed by atoms with Crippen LogP contribution >= 0.6 is 25.1 Å². The summed E-state index contributed by atoms with van der Waals surface area (Å²) in [6, 6.07) is 8.84. The second-order valence-electron chi connectivity index (χ2n) is 5.86. The molecular formula is C17H18ClN5O3S2. The van der Waals surface area contributed by atoms with Gasteiger partial charge in [0.25, 0.3) is 5.91 Å². The van der Waals surface area contributed by atoms with Gasteiger partial charge in [0.2, 0.25) is 0 Å². The Hall–Kier alpha value is -2.43. The first-order chi connectivity index (χ1) is 12.8. The summed E-state index contributed by atoms with van der Waals surface area (Å²) in [5.74, 6) is 0.561. The van der Waals surface area contributed by atoms with E-state index in [2.05, 4.69) is 20.4 Å². The molecule has 0 bridgehead atoms. The van der Waals surface area contributed by atoms with Gasteiger partial charge in [-0.3, -0.25) is 4.79 Å². The monoisotopic (exact) mass is 439 g/mol. The lowest BCUT2D eigenvalue weighted by atomic mass is 10.2. The Labute approximate surface area is 174 Å². The maximum absolute atomic E-state index is 12.6. The number of nitrogens with zero attached hydrogens (tertiary/aromatic N) is 4. The van der Waals surface area contributed by atoms with E-state index in [0.717, 1.165) is 6.26 Å². The molecule has 0 aliphatic rings. The maximum Gasteiger partial charge on any atom is 0.251 e. The Kier molecular flexibility index (Phi) is 6.81. The molecule has 148 valence electrons. The summed E-state index contributed by atoms with van der Waals surface area (Å²) in [4.78, 5) is 21.0. The van der Waals surface area contributed by atoms with E-state index in [1.54, 1.807) is 25.3 Å². The molecule has 2 heterocycles. The van der Waals surface area contributed by atoms with Crippen LogP contribution in [0.2, 0.25) is 5.02 Å². The van der Waals surface area contributed by atoms with Crippen LogP contribution in [0.25, 0.3) is 5.82 Å². The molecule has 0 saturated heterocycles. The molecule has 1 amide bonds. The highest BCUT2D eigenvalue weighted by molar-refractivity contribution is 7.90. The molecule has 0 fully saturated rings. The van der Waals surface area contributed by atoms with E-state index in [-0.39, 0.29) is 29.0 Å². The zero-order valence-corrected chi connectivity index (χ0v) is 17.6. The first kappa shape index (κ1) is 21.9. The summed E-state index contributed by atoms with van der Waals surface area (Å²) in [6.45, 7) is 1.74. The van der Waals surface area contributed by atoms with Gasteiger partial charge in [-0.2, -0.15) is 23.3 Å². The SMILES string of the molecule is C[C@@H](NC(=O)c1cc(Cl)cc(S(C)(=O)=O)c1)c1ncnn1-c1ccccn1.S. The number of amides is 1. The lowest BCUT2D eigenvalue weighted by molar-refractivity contribution is 0.0937. The molecule has 1 N–H and O–H groups in total. The zero-order valence-electron chi connectivity index (χ0n) is 15.0. The van der Waals surface area contributed by atoms with E-state index in [1.807, 2.05) is 6.07 Å². The molecule has 8 nitrogen and oxygen atoms in total. The van der Waals surface area contributed by atoms with Crippen molar-refractivity contribution in [1.82, 2.24) is 25.1 Å². The minimum atomic E-state index is -3.49. The van der Waals surface area contributed by atoms with E-state index in [1.165, 1.54) is 29.2 Å². The van der Waals surface area contributed by atoms with E-state index < -0.39 is 21.8 Å². The molecule has 2 aromatic heterocycles. The molecule has 28 heavy (non-hydrogen) atoms. The summed E-state index contributed by atoms with van der Waals surface area (Å²) < 4.78 is 25.0. The van der Waals surface area contributed by atoms with Gasteiger partial charge in [-0.05, 0) is 37.3 Å². The van der Waals surface area contributed by atoms with Crippen LogP contribution in [0, 0.1) is 0 Å². The number of rotatable bonds is 5. The Morgan fingerprint density at radius 2 is 1.96 bits per heavy atom. The molecule has 0 aliphatic heterocycles. The second kappa shape index (κ2) is 8.72. The summed E-state index contributed by atoms with van der Waals surface area (Å²) >= 11 is 5.96. The fourth-order valence-corrected chi connectivity index (χ4v) is 3.44. The number of hydrogen-bond acceptors (Lipinski definition) is 6. The van der Waals surface area contributed by atoms with Crippen molar-refractivity contribution in [3.8, 4) is 5.82 Å². The average molecular weight is 440 g/mol. The first-order valence-corrected chi connectivity index (χ1v) is 10.2. The number of hydrogen-bond donors (Lipinski definition) is 1. The van der Waals surface area contributed by atoms with Crippen molar-refractivity contribution < 1.29 is 13.2 Å². The molecule has 3 aromatic rings. The van der Waals surface area contributed by atoms with E-state index in [9.17, 15) is 13.2 Å². The molecule has 0 aliphatic carbocycles. The van der Waals surface area contributed by atoms with Gasteiger partial charge in [0.1, 0.15) is 6.33 Å². The lowest BCUT2D eigenvalue weighted by Crippen LogP contribution is -2.29. The number of benzene rings is 1. The minimum absolute atomic E-state index is 0. The van der Waals surface area contributed by atoms with Crippen LogP contribution in [0.15, 0.2) is 53.8 Å². The third-order valence-corrected chi connectivity index (χ3v) is 5.05. The Bertz CT molecular complexity index is 1090. The van der Waals surface area contributed by atoms with Crippen LogP contribution < -0.4 is 5.32 Å². The number of aromatic nitrogens is 4. The molecule has 3 rings (SSSR count). The highest BCUT2D eigenvalue weighted by Crippen LogP contribution is 2.20. The van der Waals surface area contributed by atoms with Crippen LogP contribution in [-0.4, -0.2) is 40.3 Å². The Balaban J connectivity index is 0.00000280. The predicted molar refractivity (Wildman–Crippen MR) is 110 cm³/mol. The van der Waals surface area contributed by atoms with Crippen molar-refractivity contribution in [3.05, 3.63) is 65.3 Å². The number of carbonyl (C=O) groups excluding carboxylic acids is 1. The van der Waals surface area contributed by atoms with E-state index >= 15 is 0 Å². The molecule has 11 heteroatoms. The third kappa shape index (κ3) is 4.89. The fourth-order valence-electron chi connectivity index (χ4n) is 2.45. The van der Waals surface area contributed by atoms with Crippen LogP contribution in [0.5, 0.6) is 0 Å². The molecular weight excluding hydrogens is 422 g/mol. The van der Waals surface area contributed by atoms with Crippen molar-refractivity contribution in [2.75, 3.05) is 6.26 Å². The van der Waals surface area contributed by atoms with Gasteiger partial charge in [0.15, 0.2) is 21.5 Å². The summed E-state index contributed by atoms with van der Waals surface area (Å²) in [6.07, 6.45) is 4.05. The molecule has 0 unspecified atom stereocenters. The first-order valence-electron chi connectivity index (χ1n) is 7.88. The molecule has 0 spiro atoms. The number of sulfone groups is 1. The van der Waals surface area contributed by atoms with Crippen LogP contribution in [0.4, 0.5) is 0 Å². The number of halogens is 1. The largest absolute Gasteiger partial charge is 0.342 e. The average Bonchev–Trinajstić information content (AvgIpc) is 3.11. The summed E-state index contributed by atoms with van der Waals surface area (Å²) in [5, 5.41) is 7.07. The second-order valence-corrected chi connectivity index (χ2v) is 8.31. The topological polar surface area (TPSA) is 107 Å². The van der Waals surface area contributed by atoms with Crippen molar-refractivity contribution >= 4 is 40.8 Å². The molecule has 0 saturated carbocycles. The van der Waals surface area contributed by atoms with Crippen LogP contribution in [-0.2, 0) is 9.84 Å². The van der Waals surface area contributed by atoms with E-state index in [4.69, 9.17) is 11.6 Å². The standard InChI is InChI=1S/C17H16ClN5O3S.H2S/c1-11(16-20-10-21-23(16)15-5-3-4-6-19-15)22-17(24)12-7-13(18)9-14(8-12)27(2,25)26;/h3-11H,1-2H3,(H,22,24);1H2/t11-;/m1./s1. The van der Waals surface area contributed by atoms with Gasteiger partial charge in [0, 0.05) is 23.0 Å². The fraction of sp³-hybridized carbons (Fsp3) is 0.176. The summed E-state index contributed by atoms with van der Waals surface area (Å²) in [7, 11) is -3.49. The number of carbonyl (C=O) groups is 1. The van der Waals surface area contributed by atoms with Gasteiger partial charge >= 0.3 is 0 Å². The molecule has 1 aromatic carbocycles. The number of pyridine rings is 1. The zero-order chi connectivity index (χ0) is 19.6. The summed E-state index contributed by atoms with van der Waals surface area (Å²) in [5.41, 5.74) is 0.138. The Morgan fingerprint density at radius 3 is 2.61 bits per heavy atom. The van der Waals surface area contributed by atoms with E-state index in [0.29, 0.717) is 11.6 Å². The van der Waals surface area contributed by atoms with Crippen LogP contribution in [0.1, 0.15) is 29.1 Å². The minimum Gasteiger partial charge on any atom is -0.342 e. The highest BCUT2D eigenvalue weighted by Gasteiger charge is 2.20. The predicted octanol–water partition coefficient (Wildman–Crippen LogP) is 2.32. The van der Waals surface area contributed by atoms with Gasteiger partial charge in [0.05, 0.1) is 10.9 Å². The van der Waals surface area contributed by atoms with Gasteiger partial charge < -0.3 is 5.32 Å².